The number of amides is 1. The van der Waals surface area contributed by atoms with Gasteiger partial charge in [-0.1, -0.05) is 6.07 Å². The largest absolute Gasteiger partial charge is 0.480 e. The summed E-state index contributed by atoms with van der Waals surface area (Å²) in [6.07, 6.45) is 3.00. The Morgan fingerprint density at radius 2 is 2.12 bits per heavy atom. The lowest BCUT2D eigenvalue weighted by molar-refractivity contribution is -0.141. The zero-order valence-electron chi connectivity index (χ0n) is 13.9. The van der Waals surface area contributed by atoms with Crippen molar-refractivity contribution in [1.82, 2.24) is 14.5 Å². The molecule has 0 bridgehead atoms. The smallest absolute Gasteiger partial charge is 0.326 e. The summed E-state index contributed by atoms with van der Waals surface area (Å²) < 4.78 is 2.04. The van der Waals surface area contributed by atoms with Gasteiger partial charge in [-0.05, 0) is 44.9 Å². The van der Waals surface area contributed by atoms with E-state index >= 15 is 0 Å². The van der Waals surface area contributed by atoms with E-state index < -0.39 is 12.0 Å². The summed E-state index contributed by atoms with van der Waals surface area (Å²) in [5.74, 6) is -1.12. The number of rotatable bonds is 4. The topological polar surface area (TPSA) is 75.4 Å². The molecule has 1 amide bonds. The average Bonchev–Trinajstić information content (AvgIpc) is 3.16. The molecule has 0 aromatic carbocycles. The average molecular weight is 327 g/mol. The van der Waals surface area contributed by atoms with Crippen LogP contribution in [0.25, 0.3) is 0 Å². The van der Waals surface area contributed by atoms with Gasteiger partial charge in [-0.15, -0.1) is 0 Å². The lowest BCUT2D eigenvalue weighted by Crippen LogP contribution is -2.40. The van der Waals surface area contributed by atoms with E-state index in [1.54, 1.807) is 6.20 Å². The second kappa shape index (κ2) is 6.47. The molecular formula is C18H21N3O3. The van der Waals surface area contributed by atoms with Crippen molar-refractivity contribution in [3.63, 3.8) is 0 Å². The number of aromatic nitrogens is 2. The number of carboxylic acid groups (broad SMARTS) is 1. The zero-order chi connectivity index (χ0) is 17.3. The lowest BCUT2D eigenvalue weighted by atomic mass is 10.2. The van der Waals surface area contributed by atoms with Crippen molar-refractivity contribution in [3.8, 4) is 0 Å². The van der Waals surface area contributed by atoms with Crippen molar-refractivity contribution < 1.29 is 14.7 Å². The van der Waals surface area contributed by atoms with E-state index in [4.69, 9.17) is 0 Å². The number of likely N-dealkylation sites (tertiary alicyclic amines) is 1. The van der Waals surface area contributed by atoms with Crippen molar-refractivity contribution >= 4 is 11.9 Å². The van der Waals surface area contributed by atoms with Crippen LogP contribution < -0.4 is 0 Å². The molecule has 2 aromatic rings. The van der Waals surface area contributed by atoms with Gasteiger partial charge in [-0.3, -0.25) is 9.78 Å². The first kappa shape index (κ1) is 16.2. The molecule has 1 aliphatic rings. The standard InChI is InChI=1S/C18H21N3O3/c1-12-10-15(17(22)20-9-5-7-16(20)18(23)24)13(2)21(12)11-14-6-3-4-8-19-14/h3-4,6,8,10,16H,5,7,9,11H2,1-2H3,(H,23,24). The highest BCUT2D eigenvalue weighted by Gasteiger charge is 2.35. The Hall–Kier alpha value is -2.63. The highest BCUT2D eigenvalue weighted by molar-refractivity contribution is 5.98. The SMILES string of the molecule is Cc1cc(C(=O)N2CCCC2C(=O)O)c(C)n1Cc1ccccn1. The summed E-state index contributed by atoms with van der Waals surface area (Å²) in [6.45, 7) is 4.94. The van der Waals surface area contributed by atoms with Crippen LogP contribution in [0.5, 0.6) is 0 Å². The first-order valence-corrected chi connectivity index (χ1v) is 8.09. The Balaban J connectivity index is 1.88. The van der Waals surface area contributed by atoms with Crippen molar-refractivity contribution in [3.05, 3.63) is 53.1 Å². The number of carbonyl (C=O) groups excluding carboxylic acids is 1. The van der Waals surface area contributed by atoms with Crippen LogP contribution in [0.2, 0.25) is 0 Å². The minimum absolute atomic E-state index is 0.194. The second-order valence-electron chi connectivity index (χ2n) is 6.19. The van der Waals surface area contributed by atoms with Gasteiger partial charge >= 0.3 is 5.97 Å². The monoisotopic (exact) mass is 327 g/mol. The number of pyridine rings is 1. The quantitative estimate of drug-likeness (QED) is 0.934. The second-order valence-corrected chi connectivity index (χ2v) is 6.19. The predicted molar refractivity (Wildman–Crippen MR) is 88.9 cm³/mol. The normalized spacial score (nSPS) is 17.2. The van der Waals surface area contributed by atoms with Gasteiger partial charge in [-0.25, -0.2) is 4.79 Å². The Morgan fingerprint density at radius 1 is 1.33 bits per heavy atom. The minimum atomic E-state index is -0.928. The molecule has 1 saturated heterocycles. The van der Waals surface area contributed by atoms with E-state index in [0.29, 0.717) is 25.1 Å². The molecule has 1 aliphatic heterocycles. The van der Waals surface area contributed by atoms with E-state index in [9.17, 15) is 14.7 Å². The maximum Gasteiger partial charge on any atom is 0.326 e. The fourth-order valence-electron chi connectivity index (χ4n) is 3.34. The molecule has 1 atom stereocenters. The third kappa shape index (κ3) is 2.91. The number of aliphatic carboxylic acids is 1. The van der Waals surface area contributed by atoms with Gasteiger partial charge in [0.15, 0.2) is 0 Å². The Kier molecular flexibility index (Phi) is 4.38. The summed E-state index contributed by atoms with van der Waals surface area (Å²) >= 11 is 0. The number of aryl methyl sites for hydroxylation is 1. The van der Waals surface area contributed by atoms with Crippen LogP contribution in [0, 0.1) is 13.8 Å². The number of hydrogen-bond donors (Lipinski definition) is 1. The van der Waals surface area contributed by atoms with Crippen LogP contribution in [0.1, 0.15) is 40.3 Å². The van der Waals surface area contributed by atoms with Crippen LogP contribution >= 0.6 is 0 Å². The van der Waals surface area contributed by atoms with Gasteiger partial charge in [0.05, 0.1) is 17.8 Å². The van der Waals surface area contributed by atoms with Crippen molar-refractivity contribution in [1.29, 1.82) is 0 Å². The van der Waals surface area contributed by atoms with Crippen molar-refractivity contribution in [2.75, 3.05) is 6.54 Å². The molecule has 126 valence electrons. The summed E-state index contributed by atoms with van der Waals surface area (Å²) in [7, 11) is 0. The molecule has 1 fully saturated rings. The van der Waals surface area contributed by atoms with E-state index in [1.165, 1.54) is 4.90 Å². The van der Waals surface area contributed by atoms with Crippen LogP contribution in [-0.2, 0) is 11.3 Å². The highest BCUT2D eigenvalue weighted by atomic mass is 16.4. The molecule has 1 N–H and O–H groups in total. The van der Waals surface area contributed by atoms with Gasteiger partial charge in [-0.2, -0.15) is 0 Å². The van der Waals surface area contributed by atoms with Crippen LogP contribution in [-0.4, -0.2) is 44.0 Å². The Morgan fingerprint density at radius 3 is 2.79 bits per heavy atom. The third-order valence-electron chi connectivity index (χ3n) is 4.65. The van der Waals surface area contributed by atoms with Crippen molar-refractivity contribution in [2.24, 2.45) is 0 Å². The molecule has 2 aromatic heterocycles. The van der Waals surface area contributed by atoms with Gasteiger partial charge in [0.1, 0.15) is 6.04 Å². The predicted octanol–water partition coefficient (Wildman–Crippen LogP) is 2.24. The number of carbonyl (C=O) groups is 2. The summed E-state index contributed by atoms with van der Waals surface area (Å²) in [5, 5.41) is 9.30. The summed E-state index contributed by atoms with van der Waals surface area (Å²) in [4.78, 5) is 30.0. The van der Waals surface area contributed by atoms with E-state index in [-0.39, 0.29) is 5.91 Å². The number of hydrogen-bond acceptors (Lipinski definition) is 3. The molecule has 1 unspecified atom stereocenters. The minimum Gasteiger partial charge on any atom is -0.480 e. The molecule has 6 heteroatoms. The van der Waals surface area contributed by atoms with E-state index in [2.05, 4.69) is 4.98 Å². The molecule has 3 rings (SSSR count). The molecule has 0 spiro atoms. The van der Waals surface area contributed by atoms with E-state index in [1.807, 2.05) is 42.7 Å². The Bertz CT molecular complexity index is 767. The van der Waals surface area contributed by atoms with Crippen LogP contribution in [0.4, 0.5) is 0 Å². The third-order valence-corrected chi connectivity index (χ3v) is 4.65. The van der Waals surface area contributed by atoms with Crippen molar-refractivity contribution in [2.45, 2.75) is 39.3 Å². The maximum atomic E-state index is 12.8. The summed E-state index contributed by atoms with van der Waals surface area (Å²) in [5.41, 5.74) is 3.31. The highest BCUT2D eigenvalue weighted by Crippen LogP contribution is 2.24. The molecule has 3 heterocycles. The molecule has 24 heavy (non-hydrogen) atoms. The van der Waals surface area contributed by atoms with E-state index in [0.717, 1.165) is 23.5 Å². The number of nitrogens with zero attached hydrogens (tertiary/aromatic N) is 3. The number of carboxylic acids is 1. The molecule has 0 radical (unpaired) electrons. The first-order valence-electron chi connectivity index (χ1n) is 8.09. The van der Waals surface area contributed by atoms with Crippen LogP contribution in [0.3, 0.4) is 0 Å². The fraction of sp³-hybridized carbons (Fsp3) is 0.389. The van der Waals surface area contributed by atoms with Gasteiger partial charge in [0, 0.05) is 24.1 Å². The first-order chi connectivity index (χ1) is 11.5. The van der Waals surface area contributed by atoms with Gasteiger partial charge < -0.3 is 14.6 Å². The van der Waals surface area contributed by atoms with Gasteiger partial charge in [0.25, 0.3) is 5.91 Å². The Labute approximate surface area is 140 Å². The molecule has 0 saturated carbocycles. The zero-order valence-corrected chi connectivity index (χ0v) is 13.9. The fourth-order valence-corrected chi connectivity index (χ4v) is 3.34. The lowest BCUT2D eigenvalue weighted by Gasteiger charge is -2.21. The summed E-state index contributed by atoms with van der Waals surface area (Å²) in [6, 6.07) is 6.88. The molecule has 0 aliphatic carbocycles. The molecular weight excluding hydrogens is 306 g/mol. The maximum absolute atomic E-state index is 12.8. The molecule has 6 nitrogen and oxygen atoms in total. The van der Waals surface area contributed by atoms with Crippen LogP contribution in [0.15, 0.2) is 30.5 Å². The van der Waals surface area contributed by atoms with Gasteiger partial charge in [0.2, 0.25) is 0 Å².